The Labute approximate surface area is 175 Å². The summed E-state index contributed by atoms with van der Waals surface area (Å²) in [5, 5.41) is 16.5. The second-order valence-electron chi connectivity index (χ2n) is 6.11. The molecule has 154 valence electrons. The highest BCUT2D eigenvalue weighted by Gasteiger charge is 2.24. The van der Waals surface area contributed by atoms with Crippen molar-refractivity contribution in [3.63, 3.8) is 0 Å². The van der Waals surface area contributed by atoms with Gasteiger partial charge in [-0.15, -0.1) is 0 Å². The first-order chi connectivity index (χ1) is 14.4. The number of aliphatic hydroxyl groups is 1. The van der Waals surface area contributed by atoms with Gasteiger partial charge < -0.3 is 15.2 Å². The highest BCUT2D eigenvalue weighted by molar-refractivity contribution is 6.30. The van der Waals surface area contributed by atoms with Crippen molar-refractivity contribution in [2.24, 2.45) is 0 Å². The van der Waals surface area contributed by atoms with E-state index in [1.165, 1.54) is 18.5 Å². The number of esters is 1. The molecule has 0 aliphatic rings. The first-order valence-electron chi connectivity index (χ1n) is 8.75. The van der Waals surface area contributed by atoms with E-state index in [0.717, 1.165) is 11.8 Å². The lowest BCUT2D eigenvalue weighted by atomic mass is 10.1. The third-order valence-electron chi connectivity index (χ3n) is 4.16. The van der Waals surface area contributed by atoms with Gasteiger partial charge in [-0.1, -0.05) is 23.7 Å². The number of nitrogens with one attached hydrogen (secondary N) is 1. The van der Waals surface area contributed by atoms with Crippen molar-refractivity contribution in [2.45, 2.75) is 6.04 Å². The van der Waals surface area contributed by atoms with E-state index in [-0.39, 0.29) is 5.56 Å². The zero-order chi connectivity index (χ0) is 21.7. The molecule has 0 unspecified atom stereocenters. The Hall–Kier alpha value is -3.56. The Morgan fingerprint density at radius 2 is 2.00 bits per heavy atom. The lowest BCUT2D eigenvalue weighted by molar-refractivity contribution is -0.143. The topological polar surface area (TPSA) is 123 Å². The number of carbonyl (C=O) groups is 2. The van der Waals surface area contributed by atoms with E-state index in [2.05, 4.69) is 20.1 Å². The summed E-state index contributed by atoms with van der Waals surface area (Å²) >= 11 is 5.93. The van der Waals surface area contributed by atoms with Crippen LogP contribution in [0.5, 0.6) is 0 Å². The molecule has 2 heterocycles. The van der Waals surface area contributed by atoms with Crippen molar-refractivity contribution < 1.29 is 19.4 Å². The van der Waals surface area contributed by atoms with Gasteiger partial charge in [-0.05, 0) is 30.3 Å². The minimum absolute atomic E-state index is 0.277. The SMILES string of the molecule is COC(=O)[C@@H](CO)NC(=O)c1cc(-c2ccc(Cl)cc2)nn(-c2cccnc2)c1=O. The average Bonchev–Trinajstić information content (AvgIpc) is 2.78. The molecule has 3 rings (SSSR count). The molecule has 10 heteroatoms. The minimum atomic E-state index is -1.32. The predicted molar refractivity (Wildman–Crippen MR) is 108 cm³/mol. The van der Waals surface area contributed by atoms with E-state index in [4.69, 9.17) is 11.6 Å². The number of halogens is 1. The van der Waals surface area contributed by atoms with Crippen LogP contribution in [0.25, 0.3) is 16.9 Å². The van der Waals surface area contributed by atoms with Crippen molar-refractivity contribution in [1.29, 1.82) is 0 Å². The Morgan fingerprint density at radius 1 is 1.27 bits per heavy atom. The Kier molecular flexibility index (Phi) is 6.55. The molecular weight excluding hydrogens is 412 g/mol. The second-order valence-corrected chi connectivity index (χ2v) is 6.55. The number of ether oxygens (including phenoxy) is 1. The molecule has 0 bridgehead atoms. The van der Waals surface area contributed by atoms with E-state index in [1.54, 1.807) is 36.4 Å². The largest absolute Gasteiger partial charge is 0.467 e. The van der Waals surface area contributed by atoms with Crippen molar-refractivity contribution >= 4 is 23.5 Å². The van der Waals surface area contributed by atoms with Gasteiger partial charge in [0.05, 0.1) is 31.3 Å². The van der Waals surface area contributed by atoms with Gasteiger partial charge in [0, 0.05) is 16.8 Å². The van der Waals surface area contributed by atoms with E-state index < -0.39 is 30.1 Å². The van der Waals surface area contributed by atoms with E-state index in [0.29, 0.717) is 22.0 Å². The predicted octanol–water partition coefficient (Wildman–Crippen LogP) is 1.21. The summed E-state index contributed by atoms with van der Waals surface area (Å²) in [6.07, 6.45) is 2.96. The van der Waals surface area contributed by atoms with Crippen molar-refractivity contribution in [3.05, 3.63) is 75.8 Å². The lowest BCUT2D eigenvalue weighted by Gasteiger charge is -2.15. The van der Waals surface area contributed by atoms with E-state index in [1.807, 2.05) is 0 Å². The smallest absolute Gasteiger partial charge is 0.330 e. The number of carbonyl (C=O) groups excluding carboxylic acids is 2. The normalized spacial score (nSPS) is 11.6. The highest BCUT2D eigenvalue weighted by Crippen LogP contribution is 2.20. The summed E-state index contributed by atoms with van der Waals surface area (Å²) in [7, 11) is 1.12. The van der Waals surface area contributed by atoms with Gasteiger partial charge in [0.1, 0.15) is 5.56 Å². The fourth-order valence-electron chi connectivity index (χ4n) is 2.63. The standard InChI is InChI=1S/C20H17ClN4O5/c1-30-20(29)17(11-26)23-18(27)15-9-16(12-4-6-13(21)7-5-12)24-25(19(15)28)14-3-2-8-22-10-14/h2-10,17,26H,11H2,1H3,(H,23,27)/t17-/m1/s1. The van der Waals surface area contributed by atoms with Crippen molar-refractivity contribution in [2.75, 3.05) is 13.7 Å². The Morgan fingerprint density at radius 3 is 2.60 bits per heavy atom. The van der Waals surface area contributed by atoms with Crippen LogP contribution in [0, 0.1) is 0 Å². The molecule has 0 saturated heterocycles. The van der Waals surface area contributed by atoms with Gasteiger partial charge in [0.2, 0.25) is 0 Å². The lowest BCUT2D eigenvalue weighted by Crippen LogP contribution is -2.46. The molecule has 0 aliphatic carbocycles. The maximum Gasteiger partial charge on any atom is 0.330 e. The minimum Gasteiger partial charge on any atom is -0.467 e. The Bertz CT molecular complexity index is 1120. The number of aromatic nitrogens is 3. The summed E-state index contributed by atoms with van der Waals surface area (Å²) in [6.45, 7) is -0.690. The van der Waals surface area contributed by atoms with Gasteiger partial charge in [-0.3, -0.25) is 14.6 Å². The number of nitrogens with zero attached hydrogens (tertiary/aromatic N) is 3. The summed E-state index contributed by atoms with van der Waals surface area (Å²) in [5.74, 6) is -1.70. The molecule has 0 radical (unpaired) electrons. The molecule has 2 N–H and O–H groups in total. The molecule has 1 amide bonds. The van der Waals surface area contributed by atoms with Gasteiger partial charge in [0.25, 0.3) is 11.5 Å². The molecule has 30 heavy (non-hydrogen) atoms. The second kappa shape index (κ2) is 9.29. The first kappa shape index (κ1) is 21.2. The summed E-state index contributed by atoms with van der Waals surface area (Å²) in [6, 6.07) is 9.90. The Balaban J connectivity index is 2.12. The molecule has 1 atom stereocenters. The molecule has 3 aromatic rings. The highest BCUT2D eigenvalue weighted by atomic mass is 35.5. The van der Waals surface area contributed by atoms with Gasteiger partial charge in [0.15, 0.2) is 6.04 Å². The third kappa shape index (κ3) is 4.53. The number of hydrogen-bond donors (Lipinski definition) is 2. The third-order valence-corrected chi connectivity index (χ3v) is 4.41. The number of methoxy groups -OCH3 is 1. The van der Waals surface area contributed by atoms with Gasteiger partial charge >= 0.3 is 5.97 Å². The number of aliphatic hydroxyl groups excluding tert-OH is 1. The zero-order valence-corrected chi connectivity index (χ0v) is 16.5. The van der Waals surface area contributed by atoms with E-state index in [9.17, 15) is 19.5 Å². The van der Waals surface area contributed by atoms with E-state index >= 15 is 0 Å². The maximum atomic E-state index is 13.0. The zero-order valence-electron chi connectivity index (χ0n) is 15.8. The molecule has 0 fully saturated rings. The van der Waals surface area contributed by atoms with Crippen LogP contribution < -0.4 is 10.9 Å². The monoisotopic (exact) mass is 428 g/mol. The summed E-state index contributed by atoms with van der Waals surface area (Å²) in [5.41, 5.74) is 0.275. The first-order valence-corrected chi connectivity index (χ1v) is 9.12. The van der Waals surface area contributed by atoms with Crippen LogP contribution in [-0.4, -0.2) is 51.5 Å². The fraction of sp³-hybridized carbons (Fsp3) is 0.150. The fourth-order valence-corrected chi connectivity index (χ4v) is 2.76. The summed E-state index contributed by atoms with van der Waals surface area (Å²) < 4.78 is 5.58. The molecule has 2 aromatic heterocycles. The number of rotatable bonds is 6. The van der Waals surface area contributed by atoms with Gasteiger partial charge in [-0.2, -0.15) is 9.78 Å². The number of pyridine rings is 1. The van der Waals surface area contributed by atoms with Crippen LogP contribution in [0.15, 0.2) is 59.7 Å². The molecule has 0 spiro atoms. The van der Waals surface area contributed by atoms with Crippen LogP contribution in [0.1, 0.15) is 10.4 Å². The maximum absolute atomic E-state index is 13.0. The van der Waals surface area contributed by atoms with Crippen LogP contribution in [-0.2, 0) is 9.53 Å². The quantitative estimate of drug-likeness (QED) is 0.565. The summed E-state index contributed by atoms with van der Waals surface area (Å²) in [4.78, 5) is 41.4. The average molecular weight is 429 g/mol. The number of benzene rings is 1. The van der Waals surface area contributed by atoms with Gasteiger partial charge in [-0.25, -0.2) is 4.79 Å². The van der Waals surface area contributed by atoms with Crippen LogP contribution >= 0.6 is 11.6 Å². The van der Waals surface area contributed by atoms with Crippen LogP contribution in [0.2, 0.25) is 5.02 Å². The molecule has 0 saturated carbocycles. The molecule has 1 aromatic carbocycles. The number of amides is 1. The van der Waals surface area contributed by atoms with Crippen LogP contribution in [0.4, 0.5) is 0 Å². The van der Waals surface area contributed by atoms with Crippen LogP contribution in [0.3, 0.4) is 0 Å². The van der Waals surface area contributed by atoms with Crippen molar-refractivity contribution in [1.82, 2.24) is 20.1 Å². The molecule has 9 nitrogen and oxygen atoms in total. The number of hydrogen-bond acceptors (Lipinski definition) is 7. The van der Waals surface area contributed by atoms with Crippen molar-refractivity contribution in [3.8, 4) is 16.9 Å². The molecular formula is C20H17ClN4O5. The molecule has 0 aliphatic heterocycles.